The van der Waals surface area contributed by atoms with Crippen LogP contribution in [0.3, 0.4) is 0 Å². The molecule has 0 spiro atoms. The molecule has 2 N–H and O–H groups in total. The summed E-state index contributed by atoms with van der Waals surface area (Å²) in [6.45, 7) is 0.496. The van der Waals surface area contributed by atoms with E-state index in [1.807, 2.05) is 0 Å². The van der Waals surface area contributed by atoms with Crippen molar-refractivity contribution in [2.75, 3.05) is 18.0 Å². The molecule has 0 aromatic carbocycles. The van der Waals surface area contributed by atoms with Crippen LogP contribution in [0.25, 0.3) is 0 Å². The lowest BCUT2D eigenvalue weighted by atomic mass is 10.3. The minimum absolute atomic E-state index is 0.0131. The van der Waals surface area contributed by atoms with Crippen LogP contribution in [0.5, 0.6) is 0 Å². The Kier molecular flexibility index (Phi) is 2.92. The summed E-state index contributed by atoms with van der Waals surface area (Å²) in [6, 6.07) is 0. The van der Waals surface area contributed by atoms with Crippen LogP contribution >= 0.6 is 23.2 Å². The van der Waals surface area contributed by atoms with Crippen LogP contribution in [0.4, 0.5) is 5.95 Å². The van der Waals surface area contributed by atoms with E-state index in [2.05, 4.69) is 15.0 Å². The van der Waals surface area contributed by atoms with E-state index in [-0.39, 0.29) is 29.6 Å². The zero-order valence-corrected chi connectivity index (χ0v) is 9.02. The van der Waals surface area contributed by atoms with Gasteiger partial charge in [-0.15, -0.1) is 0 Å². The van der Waals surface area contributed by atoms with Gasteiger partial charge < -0.3 is 15.1 Å². The smallest absolute Gasteiger partial charge is 0.231 e. The van der Waals surface area contributed by atoms with Gasteiger partial charge in [-0.3, -0.25) is 0 Å². The first-order chi connectivity index (χ1) is 7.06. The fourth-order valence-electron chi connectivity index (χ4n) is 1.39. The van der Waals surface area contributed by atoms with Crippen molar-refractivity contribution in [3.05, 3.63) is 10.6 Å². The second-order valence-corrected chi connectivity index (χ2v) is 3.89. The minimum Gasteiger partial charge on any atom is -0.388 e. The van der Waals surface area contributed by atoms with Gasteiger partial charge in [-0.1, -0.05) is 0 Å². The molecule has 8 heteroatoms. The third-order valence-corrected chi connectivity index (χ3v) is 2.45. The van der Waals surface area contributed by atoms with Crippen molar-refractivity contribution in [3.8, 4) is 0 Å². The number of hydrogen-bond acceptors (Lipinski definition) is 6. The van der Waals surface area contributed by atoms with Gasteiger partial charge in [0.2, 0.25) is 16.5 Å². The molecule has 0 radical (unpaired) electrons. The first-order valence-electron chi connectivity index (χ1n) is 4.24. The maximum atomic E-state index is 9.34. The summed E-state index contributed by atoms with van der Waals surface area (Å²) >= 11 is 11.2. The van der Waals surface area contributed by atoms with Gasteiger partial charge in [0, 0.05) is 13.1 Å². The Bertz CT molecular complexity index is 348. The lowest BCUT2D eigenvalue weighted by molar-refractivity contribution is 0.0572. The number of hydrogen-bond donors (Lipinski definition) is 2. The van der Waals surface area contributed by atoms with E-state index >= 15 is 0 Å². The molecule has 82 valence electrons. The summed E-state index contributed by atoms with van der Waals surface area (Å²) in [7, 11) is 0. The second kappa shape index (κ2) is 4.05. The van der Waals surface area contributed by atoms with Crippen molar-refractivity contribution >= 4 is 29.2 Å². The highest BCUT2D eigenvalue weighted by atomic mass is 35.5. The van der Waals surface area contributed by atoms with E-state index in [1.54, 1.807) is 4.90 Å². The lowest BCUT2D eigenvalue weighted by Gasteiger charge is -2.14. The molecule has 0 amide bonds. The van der Waals surface area contributed by atoms with E-state index in [9.17, 15) is 10.2 Å². The molecular weight excluding hydrogens is 243 g/mol. The number of halogens is 2. The summed E-state index contributed by atoms with van der Waals surface area (Å²) in [5, 5.41) is 18.7. The molecule has 1 aromatic heterocycles. The summed E-state index contributed by atoms with van der Waals surface area (Å²) in [5.74, 6) is 0.260. The Labute approximate surface area is 95.5 Å². The molecule has 1 aromatic rings. The van der Waals surface area contributed by atoms with Crippen molar-refractivity contribution < 1.29 is 10.2 Å². The predicted molar refractivity (Wildman–Crippen MR) is 54.1 cm³/mol. The molecule has 0 saturated carbocycles. The van der Waals surface area contributed by atoms with Crippen LogP contribution in [0.15, 0.2) is 0 Å². The Hall–Kier alpha value is -0.690. The molecular formula is C7H8Cl2N4O2. The third kappa shape index (κ3) is 2.28. The summed E-state index contributed by atoms with van der Waals surface area (Å²) in [6.07, 6.45) is -1.61. The molecule has 0 aliphatic carbocycles. The van der Waals surface area contributed by atoms with E-state index in [0.29, 0.717) is 0 Å². The zero-order chi connectivity index (χ0) is 11.0. The molecule has 2 atom stereocenters. The summed E-state index contributed by atoms with van der Waals surface area (Å²) in [4.78, 5) is 12.9. The van der Waals surface area contributed by atoms with Gasteiger partial charge in [0.25, 0.3) is 0 Å². The van der Waals surface area contributed by atoms with E-state index in [0.717, 1.165) is 0 Å². The van der Waals surface area contributed by atoms with Crippen molar-refractivity contribution in [1.29, 1.82) is 0 Å². The lowest BCUT2D eigenvalue weighted by Crippen LogP contribution is -2.23. The number of anilines is 1. The normalized spacial score (nSPS) is 26.0. The SMILES string of the molecule is OC1CN(c2nc(Cl)nc(Cl)n2)CC1O. The number of aromatic nitrogens is 3. The van der Waals surface area contributed by atoms with Crippen molar-refractivity contribution in [3.63, 3.8) is 0 Å². The molecule has 1 fully saturated rings. The van der Waals surface area contributed by atoms with Gasteiger partial charge in [0.05, 0.1) is 12.2 Å². The number of nitrogens with zero attached hydrogens (tertiary/aromatic N) is 4. The first-order valence-corrected chi connectivity index (χ1v) is 5.00. The van der Waals surface area contributed by atoms with Crippen molar-refractivity contribution in [2.24, 2.45) is 0 Å². The molecule has 15 heavy (non-hydrogen) atoms. The van der Waals surface area contributed by atoms with Gasteiger partial charge in [0.15, 0.2) is 0 Å². The highest BCUT2D eigenvalue weighted by molar-refractivity contribution is 6.31. The van der Waals surface area contributed by atoms with Gasteiger partial charge in [-0.05, 0) is 23.2 Å². The highest BCUT2D eigenvalue weighted by Crippen LogP contribution is 2.19. The maximum absolute atomic E-state index is 9.34. The molecule has 2 heterocycles. The van der Waals surface area contributed by atoms with Crippen LogP contribution in [0.2, 0.25) is 10.6 Å². The van der Waals surface area contributed by atoms with Crippen molar-refractivity contribution in [1.82, 2.24) is 15.0 Å². The van der Waals surface area contributed by atoms with Crippen molar-refractivity contribution in [2.45, 2.75) is 12.2 Å². The summed E-state index contributed by atoms with van der Waals surface area (Å²) < 4.78 is 0. The van der Waals surface area contributed by atoms with Gasteiger partial charge in [-0.25, -0.2) is 0 Å². The zero-order valence-electron chi connectivity index (χ0n) is 7.51. The van der Waals surface area contributed by atoms with Gasteiger partial charge in [0.1, 0.15) is 0 Å². The monoisotopic (exact) mass is 250 g/mol. The Morgan fingerprint density at radius 2 is 1.47 bits per heavy atom. The van der Waals surface area contributed by atoms with E-state index < -0.39 is 12.2 Å². The molecule has 2 unspecified atom stereocenters. The van der Waals surface area contributed by atoms with Crippen LogP contribution in [-0.2, 0) is 0 Å². The fraction of sp³-hybridized carbons (Fsp3) is 0.571. The molecule has 1 saturated heterocycles. The summed E-state index contributed by atoms with van der Waals surface area (Å²) in [5.41, 5.74) is 0. The third-order valence-electron chi connectivity index (χ3n) is 2.11. The van der Waals surface area contributed by atoms with Gasteiger partial charge in [-0.2, -0.15) is 15.0 Å². The van der Waals surface area contributed by atoms with Crippen LogP contribution < -0.4 is 4.90 Å². The number of aliphatic hydroxyl groups excluding tert-OH is 2. The van der Waals surface area contributed by atoms with E-state index in [4.69, 9.17) is 23.2 Å². The average Bonchev–Trinajstić information content (AvgIpc) is 2.45. The van der Waals surface area contributed by atoms with Crippen LogP contribution in [-0.4, -0.2) is 50.5 Å². The Balaban J connectivity index is 2.23. The first kappa shape index (κ1) is 10.8. The minimum atomic E-state index is -0.806. The Morgan fingerprint density at radius 1 is 1.00 bits per heavy atom. The largest absolute Gasteiger partial charge is 0.388 e. The van der Waals surface area contributed by atoms with Crippen LogP contribution in [0, 0.1) is 0 Å². The second-order valence-electron chi connectivity index (χ2n) is 3.21. The standard InChI is InChI=1S/C7H8Cl2N4O2/c8-5-10-6(9)12-7(11-5)13-1-3(14)4(15)2-13/h3-4,14-15H,1-2H2. The number of β-amino-alcohol motifs (C(OH)–C–C–N with tert-alkyl or cyclic N) is 2. The number of aliphatic hydroxyl groups is 2. The number of rotatable bonds is 1. The fourth-order valence-corrected chi connectivity index (χ4v) is 1.74. The molecule has 6 nitrogen and oxygen atoms in total. The van der Waals surface area contributed by atoms with Crippen LogP contribution in [0.1, 0.15) is 0 Å². The van der Waals surface area contributed by atoms with Gasteiger partial charge >= 0.3 is 0 Å². The Morgan fingerprint density at radius 3 is 1.93 bits per heavy atom. The average molecular weight is 251 g/mol. The van der Waals surface area contributed by atoms with E-state index in [1.165, 1.54) is 0 Å². The molecule has 1 aliphatic heterocycles. The molecule has 1 aliphatic rings. The quantitative estimate of drug-likeness (QED) is 0.714. The molecule has 0 bridgehead atoms. The topological polar surface area (TPSA) is 82.4 Å². The predicted octanol–water partition coefficient (Wildman–Crippen LogP) is -0.280. The molecule has 2 rings (SSSR count). The highest BCUT2D eigenvalue weighted by Gasteiger charge is 2.31. The maximum Gasteiger partial charge on any atom is 0.231 e.